The molecule has 1 atom stereocenters. The van der Waals surface area contributed by atoms with E-state index in [0.29, 0.717) is 5.92 Å². The fourth-order valence-electron chi connectivity index (χ4n) is 4.02. The first-order valence-corrected chi connectivity index (χ1v) is 8.63. The molecule has 0 N–H and O–H groups in total. The number of hydrogen-bond donors (Lipinski definition) is 0. The van der Waals surface area contributed by atoms with E-state index >= 15 is 0 Å². The highest BCUT2D eigenvalue weighted by Gasteiger charge is 2.45. The van der Waals surface area contributed by atoms with Crippen LogP contribution in [0.15, 0.2) is 12.4 Å². The summed E-state index contributed by atoms with van der Waals surface area (Å²) in [6.07, 6.45) is 8.75. The molecule has 0 saturated carbocycles. The van der Waals surface area contributed by atoms with Crippen LogP contribution in [0.25, 0.3) is 0 Å². The minimum atomic E-state index is 0.128. The molecule has 0 aliphatic carbocycles. The van der Waals surface area contributed by atoms with E-state index in [4.69, 9.17) is 9.47 Å². The average molecular weight is 307 g/mol. The first-order chi connectivity index (χ1) is 10.7. The van der Waals surface area contributed by atoms with E-state index < -0.39 is 0 Å². The summed E-state index contributed by atoms with van der Waals surface area (Å²) in [5.41, 5.74) is 1.43. The zero-order valence-corrected chi connectivity index (χ0v) is 14.0. The molecular formula is C17H29N3O2. The number of piperidine rings is 1. The van der Waals surface area contributed by atoms with E-state index in [0.717, 1.165) is 58.7 Å². The summed E-state index contributed by atoms with van der Waals surface area (Å²) in [7, 11) is 1.98. The van der Waals surface area contributed by atoms with Crippen LogP contribution in [0, 0.1) is 5.92 Å². The van der Waals surface area contributed by atoms with E-state index in [1.165, 1.54) is 12.0 Å². The Hall–Kier alpha value is -0.910. The molecule has 124 valence electrons. The monoisotopic (exact) mass is 307 g/mol. The molecule has 2 saturated heterocycles. The van der Waals surface area contributed by atoms with Crippen molar-refractivity contribution in [1.82, 2.24) is 14.7 Å². The zero-order valence-electron chi connectivity index (χ0n) is 14.0. The number of likely N-dealkylation sites (tertiary alicyclic amines) is 1. The van der Waals surface area contributed by atoms with Crippen molar-refractivity contribution in [3.8, 4) is 0 Å². The van der Waals surface area contributed by atoms with Gasteiger partial charge in [-0.25, -0.2) is 0 Å². The van der Waals surface area contributed by atoms with Crippen LogP contribution in [-0.2, 0) is 23.1 Å². The standard InChI is InChI=1S/C17H29N3O2/c1-3-21-10-4-16-5-11-22-17(16)6-8-20(9-7-17)14-15-12-18-19(2)13-15/h12-13,16H,3-11,14H2,1-2H3/t16-/m1/s1. The Morgan fingerprint density at radius 3 is 2.91 bits per heavy atom. The van der Waals surface area contributed by atoms with Gasteiger partial charge in [0.2, 0.25) is 0 Å². The largest absolute Gasteiger partial charge is 0.382 e. The highest BCUT2D eigenvalue weighted by molar-refractivity contribution is 5.05. The summed E-state index contributed by atoms with van der Waals surface area (Å²) in [6.45, 7) is 7.95. The van der Waals surface area contributed by atoms with Gasteiger partial charge < -0.3 is 9.47 Å². The Bertz CT molecular complexity index is 466. The second-order valence-corrected chi connectivity index (χ2v) is 6.68. The normalized spacial score (nSPS) is 25.1. The van der Waals surface area contributed by atoms with E-state index in [2.05, 4.69) is 23.1 Å². The van der Waals surface area contributed by atoms with Crippen LogP contribution >= 0.6 is 0 Å². The number of rotatable bonds is 6. The molecule has 2 aliphatic heterocycles. The average Bonchev–Trinajstić information content (AvgIpc) is 3.09. The summed E-state index contributed by atoms with van der Waals surface area (Å²) in [5.74, 6) is 0.680. The number of hydrogen-bond acceptors (Lipinski definition) is 4. The van der Waals surface area contributed by atoms with Crippen LogP contribution in [0.3, 0.4) is 0 Å². The quantitative estimate of drug-likeness (QED) is 0.756. The van der Waals surface area contributed by atoms with Crippen LogP contribution in [0.1, 0.15) is 38.2 Å². The molecule has 3 heterocycles. The van der Waals surface area contributed by atoms with Crippen LogP contribution in [-0.4, -0.2) is 53.2 Å². The molecule has 2 aliphatic rings. The van der Waals surface area contributed by atoms with Crippen LogP contribution < -0.4 is 0 Å². The molecular weight excluding hydrogens is 278 g/mol. The molecule has 0 bridgehead atoms. The van der Waals surface area contributed by atoms with Crippen molar-refractivity contribution in [2.45, 2.75) is 44.8 Å². The Balaban J connectivity index is 1.51. The summed E-state index contributed by atoms with van der Waals surface area (Å²) < 4.78 is 13.7. The minimum absolute atomic E-state index is 0.128. The maximum absolute atomic E-state index is 6.23. The summed E-state index contributed by atoms with van der Waals surface area (Å²) >= 11 is 0. The predicted octanol–water partition coefficient (Wildman–Crippen LogP) is 2.22. The lowest BCUT2D eigenvalue weighted by atomic mass is 9.78. The van der Waals surface area contributed by atoms with Crippen molar-refractivity contribution < 1.29 is 9.47 Å². The van der Waals surface area contributed by atoms with Gasteiger partial charge in [0.25, 0.3) is 0 Å². The van der Waals surface area contributed by atoms with Gasteiger partial charge in [0.1, 0.15) is 0 Å². The van der Waals surface area contributed by atoms with E-state index in [1.54, 1.807) is 0 Å². The summed E-state index contributed by atoms with van der Waals surface area (Å²) in [5, 5.41) is 4.26. The van der Waals surface area contributed by atoms with Gasteiger partial charge in [0.05, 0.1) is 11.8 Å². The molecule has 1 spiro atoms. The Kier molecular flexibility index (Phi) is 5.16. The van der Waals surface area contributed by atoms with Gasteiger partial charge in [-0.3, -0.25) is 9.58 Å². The van der Waals surface area contributed by atoms with Gasteiger partial charge in [0.15, 0.2) is 0 Å². The van der Waals surface area contributed by atoms with Crippen LogP contribution in [0.5, 0.6) is 0 Å². The molecule has 5 nitrogen and oxygen atoms in total. The SMILES string of the molecule is CCOCC[C@@H]1CCOC12CCN(Cc1cnn(C)c1)CC2. The van der Waals surface area contributed by atoms with Crippen LogP contribution in [0.4, 0.5) is 0 Å². The van der Waals surface area contributed by atoms with E-state index in [-0.39, 0.29) is 5.60 Å². The van der Waals surface area contributed by atoms with Crippen molar-refractivity contribution in [3.63, 3.8) is 0 Å². The smallest absolute Gasteiger partial charge is 0.0736 e. The van der Waals surface area contributed by atoms with Gasteiger partial charge in [-0.1, -0.05) is 0 Å². The molecule has 0 unspecified atom stereocenters. The number of nitrogens with zero attached hydrogens (tertiary/aromatic N) is 3. The molecule has 0 aromatic carbocycles. The van der Waals surface area contributed by atoms with Crippen molar-refractivity contribution >= 4 is 0 Å². The number of ether oxygens (including phenoxy) is 2. The molecule has 2 fully saturated rings. The third-order valence-corrected chi connectivity index (χ3v) is 5.28. The lowest BCUT2D eigenvalue weighted by Crippen LogP contribution is -2.47. The fourth-order valence-corrected chi connectivity index (χ4v) is 4.02. The Labute approximate surface area is 133 Å². The van der Waals surface area contributed by atoms with Gasteiger partial charge in [-0.05, 0) is 38.5 Å². The molecule has 0 amide bonds. The molecule has 22 heavy (non-hydrogen) atoms. The highest BCUT2D eigenvalue weighted by atomic mass is 16.5. The topological polar surface area (TPSA) is 39.5 Å². The third-order valence-electron chi connectivity index (χ3n) is 5.28. The van der Waals surface area contributed by atoms with Gasteiger partial charge >= 0.3 is 0 Å². The lowest BCUT2D eigenvalue weighted by molar-refractivity contribution is -0.0728. The second-order valence-electron chi connectivity index (χ2n) is 6.68. The van der Waals surface area contributed by atoms with Crippen molar-refractivity contribution in [2.75, 3.05) is 32.9 Å². The van der Waals surface area contributed by atoms with Crippen molar-refractivity contribution in [2.24, 2.45) is 13.0 Å². The Morgan fingerprint density at radius 1 is 1.41 bits per heavy atom. The van der Waals surface area contributed by atoms with E-state index in [1.807, 2.05) is 17.9 Å². The fraction of sp³-hybridized carbons (Fsp3) is 0.824. The molecule has 0 radical (unpaired) electrons. The molecule has 1 aromatic rings. The van der Waals surface area contributed by atoms with Gasteiger partial charge in [-0.15, -0.1) is 0 Å². The first-order valence-electron chi connectivity index (χ1n) is 8.63. The molecule has 3 rings (SSSR count). The number of aryl methyl sites for hydroxylation is 1. The maximum atomic E-state index is 6.23. The summed E-state index contributed by atoms with van der Waals surface area (Å²) in [4.78, 5) is 2.53. The highest BCUT2D eigenvalue weighted by Crippen LogP contribution is 2.42. The maximum Gasteiger partial charge on any atom is 0.0736 e. The lowest BCUT2D eigenvalue weighted by Gasteiger charge is -2.42. The van der Waals surface area contributed by atoms with Gasteiger partial charge in [-0.2, -0.15) is 5.10 Å². The summed E-state index contributed by atoms with van der Waals surface area (Å²) in [6, 6.07) is 0. The van der Waals surface area contributed by atoms with Crippen LogP contribution in [0.2, 0.25) is 0 Å². The van der Waals surface area contributed by atoms with Crippen molar-refractivity contribution in [3.05, 3.63) is 18.0 Å². The minimum Gasteiger partial charge on any atom is -0.382 e. The zero-order chi connectivity index (χ0) is 15.4. The van der Waals surface area contributed by atoms with Crippen molar-refractivity contribution in [1.29, 1.82) is 0 Å². The number of aromatic nitrogens is 2. The second kappa shape index (κ2) is 7.11. The molecule has 5 heteroatoms. The Morgan fingerprint density at radius 2 is 2.23 bits per heavy atom. The molecule has 1 aromatic heterocycles. The third kappa shape index (κ3) is 3.53. The first kappa shape index (κ1) is 16.0. The van der Waals surface area contributed by atoms with E-state index in [9.17, 15) is 0 Å². The van der Waals surface area contributed by atoms with Gasteiger partial charge in [0, 0.05) is 58.3 Å². The predicted molar refractivity (Wildman–Crippen MR) is 85.6 cm³/mol.